The first-order valence-electron chi connectivity index (χ1n) is 8.52. The van der Waals surface area contributed by atoms with Crippen LogP contribution in [0.4, 0.5) is 11.4 Å². The second kappa shape index (κ2) is 8.75. The van der Waals surface area contributed by atoms with Gasteiger partial charge >= 0.3 is 0 Å². The Labute approximate surface area is 164 Å². The summed E-state index contributed by atoms with van der Waals surface area (Å²) in [5.74, 6) is -0.818. The third-order valence-electron chi connectivity index (χ3n) is 4.09. The molecule has 2 amide bonds. The number of hydrogen-bond acceptors (Lipinski definition) is 5. The van der Waals surface area contributed by atoms with Gasteiger partial charge in [0.2, 0.25) is 15.9 Å². The molecule has 0 unspecified atom stereocenters. The molecule has 0 aromatic heterocycles. The number of sulfonamides is 1. The van der Waals surface area contributed by atoms with Crippen LogP contribution in [-0.4, -0.2) is 39.6 Å². The fraction of sp³-hybridized carbons (Fsp3) is 0.263. The van der Waals surface area contributed by atoms with E-state index < -0.39 is 27.9 Å². The van der Waals surface area contributed by atoms with Crippen LogP contribution in [0.3, 0.4) is 0 Å². The smallest absolute Gasteiger partial charge is 0.250 e. The minimum absolute atomic E-state index is 0.137. The monoisotopic (exact) mass is 405 g/mol. The van der Waals surface area contributed by atoms with Crippen molar-refractivity contribution in [2.75, 3.05) is 23.0 Å². The molecule has 0 aliphatic carbocycles. The van der Waals surface area contributed by atoms with Crippen LogP contribution in [0.5, 0.6) is 5.75 Å². The summed E-state index contributed by atoms with van der Waals surface area (Å²) >= 11 is 0. The van der Waals surface area contributed by atoms with Crippen molar-refractivity contribution in [3.05, 3.63) is 54.1 Å². The van der Waals surface area contributed by atoms with Gasteiger partial charge in [0.1, 0.15) is 11.8 Å². The number of methoxy groups -OCH3 is 1. The van der Waals surface area contributed by atoms with Crippen molar-refractivity contribution in [3.8, 4) is 5.75 Å². The van der Waals surface area contributed by atoms with E-state index in [1.165, 1.54) is 25.3 Å². The molecule has 0 spiro atoms. The van der Waals surface area contributed by atoms with Crippen LogP contribution in [0.2, 0.25) is 0 Å². The zero-order valence-corrected chi connectivity index (χ0v) is 16.7. The molecule has 0 aliphatic heterocycles. The third kappa shape index (κ3) is 4.80. The molecule has 0 aliphatic rings. The number of primary amides is 1. The molecule has 0 bridgehead atoms. The van der Waals surface area contributed by atoms with Crippen LogP contribution >= 0.6 is 0 Å². The van der Waals surface area contributed by atoms with Crippen molar-refractivity contribution in [2.45, 2.75) is 19.4 Å². The van der Waals surface area contributed by atoms with Crippen molar-refractivity contribution in [2.24, 2.45) is 5.73 Å². The van der Waals surface area contributed by atoms with Gasteiger partial charge in [-0.05, 0) is 30.7 Å². The Balaban J connectivity index is 2.44. The number of nitrogens with two attached hydrogens (primary N) is 1. The third-order valence-corrected chi connectivity index (χ3v) is 5.27. The highest BCUT2D eigenvalue weighted by atomic mass is 32.2. The summed E-state index contributed by atoms with van der Waals surface area (Å²) in [5, 5.41) is 2.62. The van der Waals surface area contributed by atoms with Crippen LogP contribution in [0.25, 0.3) is 0 Å². The van der Waals surface area contributed by atoms with Crippen LogP contribution in [0.1, 0.15) is 23.7 Å². The van der Waals surface area contributed by atoms with Crippen molar-refractivity contribution in [1.82, 2.24) is 0 Å². The molecule has 0 heterocycles. The second-order valence-electron chi connectivity index (χ2n) is 6.08. The van der Waals surface area contributed by atoms with Gasteiger partial charge in [-0.3, -0.25) is 13.9 Å². The number of ether oxygens (including phenoxy) is 1. The number of nitrogens with one attached hydrogen (secondary N) is 1. The average Bonchev–Trinajstić information content (AvgIpc) is 2.65. The zero-order chi connectivity index (χ0) is 20.9. The maximum absolute atomic E-state index is 12.9. The first-order chi connectivity index (χ1) is 13.2. The fourth-order valence-corrected chi connectivity index (χ4v) is 4.03. The van der Waals surface area contributed by atoms with E-state index >= 15 is 0 Å². The lowest BCUT2D eigenvalue weighted by molar-refractivity contribution is -0.117. The SMILES string of the molecule is CC[C@@H](C(=O)Nc1ccccc1C(N)=O)N(c1cccc(OC)c1)S(C)(=O)=O. The molecule has 2 aromatic carbocycles. The minimum Gasteiger partial charge on any atom is -0.497 e. The zero-order valence-electron chi connectivity index (χ0n) is 15.9. The van der Waals surface area contributed by atoms with E-state index in [1.807, 2.05) is 0 Å². The average molecular weight is 405 g/mol. The summed E-state index contributed by atoms with van der Waals surface area (Å²) in [6.45, 7) is 1.70. The van der Waals surface area contributed by atoms with Gasteiger partial charge in [0, 0.05) is 6.07 Å². The molecule has 3 N–H and O–H groups in total. The highest BCUT2D eigenvalue weighted by Crippen LogP contribution is 2.27. The molecule has 0 fully saturated rings. The molecule has 8 nitrogen and oxygen atoms in total. The lowest BCUT2D eigenvalue weighted by Gasteiger charge is -2.30. The maximum Gasteiger partial charge on any atom is 0.250 e. The highest BCUT2D eigenvalue weighted by Gasteiger charge is 2.32. The van der Waals surface area contributed by atoms with E-state index in [9.17, 15) is 18.0 Å². The van der Waals surface area contributed by atoms with Gasteiger partial charge < -0.3 is 15.8 Å². The van der Waals surface area contributed by atoms with Crippen molar-refractivity contribution < 1.29 is 22.7 Å². The Hall–Kier alpha value is -3.07. The predicted octanol–water partition coefficient (Wildman–Crippen LogP) is 1.98. The Kier molecular flexibility index (Phi) is 6.63. The lowest BCUT2D eigenvalue weighted by atomic mass is 10.1. The number of carbonyl (C=O) groups excluding carboxylic acids is 2. The summed E-state index contributed by atoms with van der Waals surface area (Å²) in [5.41, 5.74) is 6.00. The maximum atomic E-state index is 12.9. The van der Waals surface area contributed by atoms with Gasteiger partial charge in [0.25, 0.3) is 5.91 Å². The lowest BCUT2D eigenvalue weighted by Crippen LogP contribution is -2.47. The second-order valence-corrected chi connectivity index (χ2v) is 7.94. The quantitative estimate of drug-likeness (QED) is 0.696. The normalized spacial score (nSPS) is 12.1. The van der Waals surface area contributed by atoms with Gasteiger partial charge in [-0.2, -0.15) is 0 Å². The fourth-order valence-electron chi connectivity index (χ4n) is 2.83. The number of para-hydroxylation sites is 1. The number of nitrogens with zero attached hydrogens (tertiary/aromatic N) is 1. The molecule has 2 aromatic rings. The number of benzene rings is 2. The van der Waals surface area contributed by atoms with E-state index in [1.54, 1.807) is 37.3 Å². The molecule has 28 heavy (non-hydrogen) atoms. The number of anilines is 2. The largest absolute Gasteiger partial charge is 0.497 e. The van der Waals surface area contributed by atoms with Gasteiger partial charge in [0.05, 0.1) is 30.3 Å². The van der Waals surface area contributed by atoms with Gasteiger partial charge in [0.15, 0.2) is 0 Å². The van der Waals surface area contributed by atoms with E-state index in [-0.39, 0.29) is 17.7 Å². The van der Waals surface area contributed by atoms with Gasteiger partial charge in [-0.15, -0.1) is 0 Å². The minimum atomic E-state index is -3.79. The summed E-state index contributed by atoms with van der Waals surface area (Å²) in [7, 11) is -2.33. The van der Waals surface area contributed by atoms with Crippen LogP contribution in [0, 0.1) is 0 Å². The molecule has 0 saturated heterocycles. The van der Waals surface area contributed by atoms with E-state index in [0.717, 1.165) is 10.6 Å². The number of rotatable bonds is 8. The van der Waals surface area contributed by atoms with Crippen LogP contribution in [-0.2, 0) is 14.8 Å². The number of amides is 2. The molecular weight excluding hydrogens is 382 g/mol. The number of carbonyl (C=O) groups is 2. The Bertz CT molecular complexity index is 975. The predicted molar refractivity (Wildman–Crippen MR) is 108 cm³/mol. The van der Waals surface area contributed by atoms with Crippen LogP contribution < -0.4 is 20.1 Å². The summed E-state index contributed by atoms with van der Waals surface area (Å²) in [4.78, 5) is 24.5. The van der Waals surface area contributed by atoms with Gasteiger partial charge in [-0.25, -0.2) is 8.42 Å². The summed E-state index contributed by atoms with van der Waals surface area (Å²) in [6, 6.07) is 11.7. The molecule has 0 saturated carbocycles. The molecule has 150 valence electrons. The summed E-state index contributed by atoms with van der Waals surface area (Å²) in [6.07, 6.45) is 1.23. The van der Waals surface area contributed by atoms with E-state index in [2.05, 4.69) is 5.32 Å². The van der Waals surface area contributed by atoms with Crippen molar-refractivity contribution in [1.29, 1.82) is 0 Å². The Morgan fingerprint density at radius 3 is 2.43 bits per heavy atom. The highest BCUT2D eigenvalue weighted by molar-refractivity contribution is 7.92. The molecular formula is C19H23N3O5S. The molecule has 9 heteroatoms. The van der Waals surface area contributed by atoms with Crippen LogP contribution in [0.15, 0.2) is 48.5 Å². The number of hydrogen-bond donors (Lipinski definition) is 2. The van der Waals surface area contributed by atoms with E-state index in [4.69, 9.17) is 10.5 Å². The molecule has 1 atom stereocenters. The first-order valence-corrected chi connectivity index (χ1v) is 10.4. The Morgan fingerprint density at radius 2 is 1.86 bits per heavy atom. The van der Waals surface area contributed by atoms with Crippen molar-refractivity contribution >= 4 is 33.2 Å². The Morgan fingerprint density at radius 1 is 1.18 bits per heavy atom. The molecule has 0 radical (unpaired) electrons. The van der Waals surface area contributed by atoms with Gasteiger partial charge in [-0.1, -0.05) is 25.1 Å². The van der Waals surface area contributed by atoms with Crippen molar-refractivity contribution in [3.63, 3.8) is 0 Å². The first kappa shape index (κ1) is 21.2. The molecule has 2 rings (SSSR count). The standard InChI is InChI=1S/C19H23N3O5S/c1-4-17(19(24)21-16-11-6-5-10-15(16)18(20)23)22(28(3,25)26)13-8-7-9-14(12-13)27-2/h5-12,17H,4H2,1-3H3,(H2,20,23)(H,21,24)/t17-/m0/s1. The van der Waals surface area contributed by atoms with E-state index in [0.29, 0.717) is 11.4 Å². The summed E-state index contributed by atoms with van der Waals surface area (Å²) < 4.78 is 31.2. The topological polar surface area (TPSA) is 119 Å².